The summed E-state index contributed by atoms with van der Waals surface area (Å²) in [5.41, 5.74) is -1.80. The van der Waals surface area contributed by atoms with E-state index in [2.05, 4.69) is 0 Å². The van der Waals surface area contributed by atoms with Crippen molar-refractivity contribution in [2.75, 3.05) is 0 Å². The summed E-state index contributed by atoms with van der Waals surface area (Å²) in [6.45, 7) is 2.72. The minimum Gasteiger partial charge on any atom is -0.478 e. The van der Waals surface area contributed by atoms with E-state index in [0.29, 0.717) is 0 Å². The molecule has 1 aromatic carbocycles. The molecule has 0 saturated heterocycles. The predicted octanol–water partition coefficient (Wildman–Crippen LogP) is 1.89. The Hall–Kier alpha value is -2.51. The van der Waals surface area contributed by atoms with Gasteiger partial charge in [-0.15, -0.1) is 0 Å². The van der Waals surface area contributed by atoms with E-state index in [1.807, 2.05) is 0 Å². The Morgan fingerprint density at radius 3 is 2.32 bits per heavy atom. The Morgan fingerprint density at radius 1 is 1.32 bits per heavy atom. The molecular weight excluding hydrogens is 256 g/mol. The van der Waals surface area contributed by atoms with Crippen LogP contribution in [0.3, 0.4) is 0 Å². The van der Waals surface area contributed by atoms with Crippen molar-refractivity contribution in [2.24, 2.45) is 0 Å². The number of hydrogen-bond donors (Lipinski definition) is 1. The van der Waals surface area contributed by atoms with Crippen LogP contribution in [-0.2, 0) is 6.42 Å². The van der Waals surface area contributed by atoms with Crippen LogP contribution in [0.15, 0.2) is 18.2 Å². The lowest BCUT2D eigenvalue weighted by atomic mass is 9.92. The molecule has 0 saturated carbocycles. The van der Waals surface area contributed by atoms with Gasteiger partial charge in [0, 0.05) is 37.3 Å². The van der Waals surface area contributed by atoms with Gasteiger partial charge in [0.15, 0.2) is 0 Å². The van der Waals surface area contributed by atoms with Crippen LogP contribution < -0.4 is 0 Å². The van der Waals surface area contributed by atoms with Crippen molar-refractivity contribution in [1.29, 1.82) is 0 Å². The van der Waals surface area contributed by atoms with E-state index < -0.39 is 21.4 Å². The summed E-state index contributed by atoms with van der Waals surface area (Å²) in [6, 6.07) is 3.29. The largest absolute Gasteiger partial charge is 0.478 e. The molecule has 1 aromatic rings. The van der Waals surface area contributed by atoms with Crippen LogP contribution in [0, 0.1) is 20.2 Å². The van der Waals surface area contributed by atoms with Gasteiger partial charge in [0.1, 0.15) is 0 Å². The second-order valence-corrected chi connectivity index (χ2v) is 4.65. The first-order valence-corrected chi connectivity index (χ1v) is 5.30. The van der Waals surface area contributed by atoms with Gasteiger partial charge in [-0.1, -0.05) is 6.07 Å². The standard InChI is InChI=1S/C11H12N2O6/c1-11(2,13(18)19)6-7-3-4-8(12(16)17)5-9(7)10(14)15/h3-5H,6H2,1-2H3,(H,14,15). The molecule has 1 N–H and O–H groups in total. The van der Waals surface area contributed by atoms with Crippen molar-refractivity contribution in [3.8, 4) is 0 Å². The summed E-state index contributed by atoms with van der Waals surface area (Å²) in [5.74, 6) is -1.35. The minimum absolute atomic E-state index is 0.125. The molecule has 0 amide bonds. The maximum Gasteiger partial charge on any atom is 0.336 e. The van der Waals surface area contributed by atoms with Crippen molar-refractivity contribution < 1.29 is 19.7 Å². The van der Waals surface area contributed by atoms with Crippen molar-refractivity contribution in [3.05, 3.63) is 49.6 Å². The van der Waals surface area contributed by atoms with Crippen molar-refractivity contribution in [2.45, 2.75) is 25.8 Å². The number of carboxylic acids is 1. The zero-order valence-electron chi connectivity index (χ0n) is 10.3. The first-order valence-electron chi connectivity index (χ1n) is 5.30. The fourth-order valence-corrected chi connectivity index (χ4v) is 1.56. The molecule has 19 heavy (non-hydrogen) atoms. The lowest BCUT2D eigenvalue weighted by Gasteiger charge is -2.16. The molecule has 8 heteroatoms. The summed E-state index contributed by atoms with van der Waals surface area (Å²) in [7, 11) is 0. The number of rotatable bonds is 5. The summed E-state index contributed by atoms with van der Waals surface area (Å²) in [6.07, 6.45) is -0.125. The summed E-state index contributed by atoms with van der Waals surface area (Å²) in [4.78, 5) is 31.2. The maximum atomic E-state index is 11.1. The Kier molecular flexibility index (Phi) is 3.83. The number of aromatic carboxylic acids is 1. The number of nitrogens with zero attached hydrogens (tertiary/aromatic N) is 2. The molecule has 1 rings (SSSR count). The smallest absolute Gasteiger partial charge is 0.336 e. The van der Waals surface area contributed by atoms with Crippen molar-refractivity contribution in [3.63, 3.8) is 0 Å². The molecule has 102 valence electrons. The van der Waals surface area contributed by atoms with Crippen LogP contribution in [0.1, 0.15) is 29.8 Å². The molecule has 0 aromatic heterocycles. The number of carbonyl (C=O) groups is 1. The van der Waals surface area contributed by atoms with E-state index in [4.69, 9.17) is 5.11 Å². The van der Waals surface area contributed by atoms with Crippen molar-refractivity contribution in [1.82, 2.24) is 0 Å². The number of nitro groups is 2. The zero-order valence-corrected chi connectivity index (χ0v) is 10.3. The molecule has 0 unspecified atom stereocenters. The number of hydrogen-bond acceptors (Lipinski definition) is 5. The van der Waals surface area contributed by atoms with Gasteiger partial charge in [0.25, 0.3) is 5.69 Å². The molecule has 0 aliphatic heterocycles. The van der Waals surface area contributed by atoms with Gasteiger partial charge in [-0.05, 0) is 5.56 Å². The predicted molar refractivity (Wildman–Crippen MR) is 64.8 cm³/mol. The van der Waals surface area contributed by atoms with Crippen LogP contribution in [-0.4, -0.2) is 26.5 Å². The van der Waals surface area contributed by atoms with Crippen LogP contribution >= 0.6 is 0 Å². The van der Waals surface area contributed by atoms with Crippen LogP contribution in [0.4, 0.5) is 5.69 Å². The van der Waals surface area contributed by atoms with Gasteiger partial charge in [-0.3, -0.25) is 20.2 Å². The van der Waals surface area contributed by atoms with Gasteiger partial charge in [-0.25, -0.2) is 4.79 Å². The van der Waals surface area contributed by atoms with Gasteiger partial charge < -0.3 is 5.11 Å². The zero-order chi connectivity index (χ0) is 14.8. The van der Waals surface area contributed by atoms with E-state index in [0.717, 1.165) is 12.1 Å². The molecule has 0 radical (unpaired) electrons. The Morgan fingerprint density at radius 2 is 1.89 bits per heavy atom. The van der Waals surface area contributed by atoms with E-state index in [9.17, 15) is 25.0 Å². The fourth-order valence-electron chi connectivity index (χ4n) is 1.56. The molecule has 8 nitrogen and oxygen atoms in total. The normalized spacial score (nSPS) is 11.1. The highest BCUT2D eigenvalue weighted by atomic mass is 16.6. The fraction of sp³-hybridized carbons (Fsp3) is 0.364. The topological polar surface area (TPSA) is 124 Å². The minimum atomic E-state index is -1.35. The lowest BCUT2D eigenvalue weighted by Crippen LogP contribution is -2.34. The van der Waals surface area contributed by atoms with Crippen LogP contribution in [0.5, 0.6) is 0 Å². The van der Waals surface area contributed by atoms with Gasteiger partial charge in [0.2, 0.25) is 5.54 Å². The van der Waals surface area contributed by atoms with E-state index in [-0.39, 0.29) is 23.2 Å². The number of benzene rings is 1. The third-order valence-corrected chi connectivity index (χ3v) is 2.65. The highest BCUT2D eigenvalue weighted by molar-refractivity contribution is 5.90. The van der Waals surface area contributed by atoms with Gasteiger partial charge in [-0.2, -0.15) is 0 Å². The first-order chi connectivity index (χ1) is 8.65. The maximum absolute atomic E-state index is 11.1. The first kappa shape index (κ1) is 14.6. The number of carboxylic acid groups (broad SMARTS) is 1. The number of non-ortho nitro benzene ring substituents is 1. The van der Waals surface area contributed by atoms with E-state index in [1.165, 1.54) is 19.9 Å². The highest BCUT2D eigenvalue weighted by Crippen LogP contribution is 2.23. The SMILES string of the molecule is CC(C)(Cc1ccc([N+](=O)[O-])cc1C(=O)O)[N+](=O)[O-]. The molecule has 0 spiro atoms. The molecule has 0 bridgehead atoms. The second kappa shape index (κ2) is 5.01. The molecule has 0 fully saturated rings. The van der Waals surface area contributed by atoms with E-state index >= 15 is 0 Å². The Labute approximate surface area is 108 Å². The highest BCUT2D eigenvalue weighted by Gasteiger charge is 2.33. The quantitative estimate of drug-likeness (QED) is 0.642. The Bertz CT molecular complexity index is 552. The van der Waals surface area contributed by atoms with Gasteiger partial charge in [0.05, 0.1) is 10.5 Å². The van der Waals surface area contributed by atoms with Crippen molar-refractivity contribution >= 4 is 11.7 Å². The molecule has 0 aliphatic carbocycles. The molecule has 0 aliphatic rings. The summed E-state index contributed by atoms with van der Waals surface area (Å²) < 4.78 is 0. The molecular formula is C11H12N2O6. The summed E-state index contributed by atoms with van der Waals surface area (Å²) in [5, 5.41) is 30.4. The van der Waals surface area contributed by atoms with Crippen LogP contribution in [0.25, 0.3) is 0 Å². The van der Waals surface area contributed by atoms with Crippen LogP contribution in [0.2, 0.25) is 0 Å². The third kappa shape index (κ3) is 3.24. The average molecular weight is 268 g/mol. The Balaban J connectivity index is 3.25. The monoisotopic (exact) mass is 268 g/mol. The van der Waals surface area contributed by atoms with E-state index in [1.54, 1.807) is 0 Å². The average Bonchev–Trinajstić information content (AvgIpc) is 2.28. The molecule has 0 heterocycles. The second-order valence-electron chi connectivity index (χ2n) is 4.65. The lowest BCUT2D eigenvalue weighted by molar-refractivity contribution is -0.560. The third-order valence-electron chi connectivity index (χ3n) is 2.65. The molecule has 0 atom stereocenters. The van der Waals surface area contributed by atoms with Gasteiger partial charge >= 0.3 is 5.97 Å². The number of nitro benzene ring substituents is 1. The summed E-state index contributed by atoms with van der Waals surface area (Å²) >= 11 is 0.